The van der Waals surface area contributed by atoms with E-state index in [0.29, 0.717) is 16.3 Å². The number of nitrogens with one attached hydrogen (secondary N) is 1. The molecule has 7 nitrogen and oxygen atoms in total. The van der Waals surface area contributed by atoms with Gasteiger partial charge in [-0.1, -0.05) is 0 Å². The normalized spacial score (nSPS) is 11.4. The quantitative estimate of drug-likeness (QED) is 0.693. The van der Waals surface area contributed by atoms with Crippen molar-refractivity contribution in [2.24, 2.45) is 5.14 Å². The van der Waals surface area contributed by atoms with Crippen molar-refractivity contribution in [1.82, 2.24) is 14.8 Å². The summed E-state index contributed by atoms with van der Waals surface area (Å²) in [5, 5.41) is 12.1. The molecule has 24 heavy (non-hydrogen) atoms. The fourth-order valence-electron chi connectivity index (χ4n) is 2.26. The Morgan fingerprint density at radius 2 is 1.75 bits per heavy atom. The fraction of sp³-hybridized carbons (Fsp3) is 0.0667. The highest BCUT2D eigenvalue weighted by molar-refractivity contribution is 7.89. The summed E-state index contributed by atoms with van der Waals surface area (Å²) in [5.41, 5.74) is 1.51. The Kier molecular flexibility index (Phi) is 4.22. The zero-order chi connectivity index (χ0) is 17.3. The van der Waals surface area contributed by atoms with Crippen LogP contribution in [-0.2, 0) is 10.0 Å². The summed E-state index contributed by atoms with van der Waals surface area (Å²) in [7, 11) is -2.15. The number of sulfonamides is 1. The van der Waals surface area contributed by atoms with Gasteiger partial charge in [-0.3, -0.25) is 9.67 Å². The molecular formula is C15H14N4O3S2. The van der Waals surface area contributed by atoms with Gasteiger partial charge in [0.2, 0.25) is 10.0 Å². The van der Waals surface area contributed by atoms with Gasteiger partial charge in [0.05, 0.1) is 17.7 Å². The van der Waals surface area contributed by atoms with Crippen molar-refractivity contribution < 1.29 is 13.2 Å². The van der Waals surface area contributed by atoms with Crippen LogP contribution in [0.1, 0.15) is 0 Å². The monoisotopic (exact) mass is 362 g/mol. The van der Waals surface area contributed by atoms with Crippen molar-refractivity contribution in [3.63, 3.8) is 0 Å². The summed E-state index contributed by atoms with van der Waals surface area (Å²) in [5.74, 6) is 1.34. The number of hydrogen-bond acceptors (Lipinski definition) is 5. The smallest absolute Gasteiger partial charge is 0.238 e. The van der Waals surface area contributed by atoms with Crippen LogP contribution >= 0.6 is 12.2 Å². The second kappa shape index (κ2) is 6.19. The molecule has 2 aromatic carbocycles. The van der Waals surface area contributed by atoms with Gasteiger partial charge in [0.25, 0.3) is 0 Å². The Morgan fingerprint density at radius 1 is 1.12 bits per heavy atom. The molecule has 0 aliphatic carbocycles. The third-order valence-corrected chi connectivity index (χ3v) is 4.65. The number of aromatic amines is 1. The van der Waals surface area contributed by atoms with Crippen LogP contribution in [-0.4, -0.2) is 30.3 Å². The number of ether oxygens (including phenoxy) is 1. The maximum absolute atomic E-state index is 11.4. The third kappa shape index (κ3) is 3.09. The summed E-state index contributed by atoms with van der Waals surface area (Å²) in [6.07, 6.45) is 0. The average Bonchev–Trinajstić information content (AvgIpc) is 2.96. The molecule has 0 radical (unpaired) electrons. The van der Waals surface area contributed by atoms with E-state index in [1.165, 1.54) is 12.1 Å². The van der Waals surface area contributed by atoms with Crippen LogP contribution in [0.3, 0.4) is 0 Å². The van der Waals surface area contributed by atoms with Gasteiger partial charge in [-0.05, 0) is 60.7 Å². The Balaban J connectivity index is 2.09. The number of primary sulfonamides is 1. The highest BCUT2D eigenvalue weighted by Crippen LogP contribution is 2.24. The van der Waals surface area contributed by atoms with E-state index >= 15 is 0 Å². The first-order valence-electron chi connectivity index (χ1n) is 6.85. The van der Waals surface area contributed by atoms with E-state index in [2.05, 4.69) is 10.2 Å². The highest BCUT2D eigenvalue weighted by Gasteiger charge is 2.13. The molecule has 9 heteroatoms. The van der Waals surface area contributed by atoms with Crippen molar-refractivity contribution in [2.45, 2.75) is 4.90 Å². The number of hydrogen-bond donors (Lipinski definition) is 2. The minimum Gasteiger partial charge on any atom is -0.497 e. The fourth-order valence-corrected chi connectivity index (χ4v) is 3.01. The Morgan fingerprint density at radius 3 is 2.29 bits per heavy atom. The molecule has 0 fully saturated rings. The molecule has 0 saturated carbocycles. The molecule has 3 N–H and O–H groups in total. The van der Waals surface area contributed by atoms with Crippen LogP contribution in [0.15, 0.2) is 53.4 Å². The molecule has 0 aliphatic rings. The lowest BCUT2D eigenvalue weighted by molar-refractivity contribution is 0.415. The van der Waals surface area contributed by atoms with Crippen LogP contribution in [0.25, 0.3) is 17.1 Å². The molecule has 0 atom stereocenters. The molecule has 0 bridgehead atoms. The molecule has 3 rings (SSSR count). The van der Waals surface area contributed by atoms with Crippen molar-refractivity contribution in [3.05, 3.63) is 53.3 Å². The lowest BCUT2D eigenvalue weighted by Crippen LogP contribution is -2.12. The van der Waals surface area contributed by atoms with E-state index in [4.69, 9.17) is 22.1 Å². The van der Waals surface area contributed by atoms with Crippen LogP contribution in [0.4, 0.5) is 0 Å². The molecule has 0 unspecified atom stereocenters. The van der Waals surface area contributed by atoms with E-state index in [0.717, 1.165) is 11.3 Å². The van der Waals surface area contributed by atoms with Crippen LogP contribution in [0.2, 0.25) is 0 Å². The second-order valence-electron chi connectivity index (χ2n) is 4.96. The van der Waals surface area contributed by atoms with Crippen molar-refractivity contribution in [1.29, 1.82) is 0 Å². The maximum atomic E-state index is 11.4. The highest BCUT2D eigenvalue weighted by atomic mass is 32.2. The number of nitrogens with two attached hydrogens (primary N) is 1. The zero-order valence-electron chi connectivity index (χ0n) is 12.6. The van der Waals surface area contributed by atoms with Gasteiger partial charge < -0.3 is 4.74 Å². The number of nitrogens with zero attached hydrogens (tertiary/aromatic N) is 2. The van der Waals surface area contributed by atoms with E-state index < -0.39 is 10.0 Å². The largest absolute Gasteiger partial charge is 0.497 e. The first kappa shape index (κ1) is 16.4. The molecule has 0 aliphatic heterocycles. The molecule has 3 aromatic rings. The van der Waals surface area contributed by atoms with Gasteiger partial charge >= 0.3 is 0 Å². The third-order valence-electron chi connectivity index (χ3n) is 3.44. The Bertz CT molecular complexity index is 1020. The lowest BCUT2D eigenvalue weighted by atomic mass is 10.2. The van der Waals surface area contributed by atoms with Gasteiger partial charge in [-0.2, -0.15) is 5.10 Å². The predicted octanol–water partition coefficient (Wildman–Crippen LogP) is 2.25. The summed E-state index contributed by atoms with van der Waals surface area (Å²) in [6, 6.07) is 13.5. The predicted molar refractivity (Wildman–Crippen MR) is 92.1 cm³/mol. The average molecular weight is 362 g/mol. The first-order valence-corrected chi connectivity index (χ1v) is 8.80. The standard InChI is InChI=1S/C15H14N4O3S2/c1-22-12-6-2-10(3-7-12)14-17-18-15(23)19(14)11-4-8-13(9-5-11)24(16,20)21/h2-9H,1H3,(H,18,23)(H2,16,20,21). The topological polar surface area (TPSA) is 103 Å². The number of aromatic nitrogens is 3. The van der Waals surface area contributed by atoms with E-state index in [1.807, 2.05) is 24.3 Å². The van der Waals surface area contributed by atoms with Gasteiger partial charge in [-0.25, -0.2) is 13.6 Å². The first-order chi connectivity index (χ1) is 11.4. The Hall–Kier alpha value is -2.49. The van der Waals surface area contributed by atoms with Crippen LogP contribution < -0.4 is 9.88 Å². The van der Waals surface area contributed by atoms with Crippen molar-refractivity contribution in [2.75, 3.05) is 7.11 Å². The minimum atomic E-state index is -3.74. The summed E-state index contributed by atoms with van der Waals surface area (Å²) >= 11 is 5.29. The Labute approximate surface area is 143 Å². The van der Waals surface area contributed by atoms with Crippen LogP contribution in [0.5, 0.6) is 5.75 Å². The van der Waals surface area contributed by atoms with Gasteiger partial charge in [0.15, 0.2) is 10.6 Å². The number of methoxy groups -OCH3 is 1. The van der Waals surface area contributed by atoms with E-state index in [1.54, 1.807) is 23.8 Å². The number of H-pyrrole nitrogens is 1. The zero-order valence-corrected chi connectivity index (χ0v) is 14.3. The summed E-state index contributed by atoms with van der Waals surface area (Å²) < 4.78 is 30.0. The van der Waals surface area contributed by atoms with Gasteiger partial charge in [0, 0.05) is 5.56 Å². The minimum absolute atomic E-state index is 0.0345. The maximum Gasteiger partial charge on any atom is 0.238 e. The molecule has 1 aromatic heterocycles. The molecule has 0 amide bonds. The summed E-state index contributed by atoms with van der Waals surface area (Å²) in [4.78, 5) is 0.0345. The second-order valence-corrected chi connectivity index (χ2v) is 6.90. The van der Waals surface area contributed by atoms with Crippen LogP contribution in [0, 0.1) is 4.77 Å². The van der Waals surface area contributed by atoms with Crippen molar-refractivity contribution >= 4 is 22.2 Å². The summed E-state index contributed by atoms with van der Waals surface area (Å²) in [6.45, 7) is 0. The van der Waals surface area contributed by atoms with Gasteiger partial charge in [-0.15, -0.1) is 0 Å². The molecule has 1 heterocycles. The number of benzene rings is 2. The SMILES string of the molecule is COc1ccc(-c2n[nH]c(=S)n2-c2ccc(S(N)(=O)=O)cc2)cc1. The molecule has 124 valence electrons. The van der Waals surface area contributed by atoms with Gasteiger partial charge in [0.1, 0.15) is 5.75 Å². The van der Waals surface area contributed by atoms with E-state index in [9.17, 15) is 8.42 Å². The number of rotatable bonds is 4. The molecule has 0 spiro atoms. The van der Waals surface area contributed by atoms with Crippen molar-refractivity contribution in [3.8, 4) is 22.8 Å². The van der Waals surface area contributed by atoms with E-state index in [-0.39, 0.29) is 4.90 Å². The molecular weight excluding hydrogens is 348 g/mol. The lowest BCUT2D eigenvalue weighted by Gasteiger charge is -2.08. The molecule has 0 saturated heterocycles.